The van der Waals surface area contributed by atoms with Crippen LogP contribution in [0.25, 0.3) is 11.4 Å². The fraction of sp³-hybridized carbons (Fsp3) is 0.250. The number of benzene rings is 2. The van der Waals surface area contributed by atoms with E-state index in [4.69, 9.17) is 14.0 Å². The van der Waals surface area contributed by atoms with Gasteiger partial charge in [0.25, 0.3) is 5.91 Å². The predicted octanol–water partition coefficient (Wildman–Crippen LogP) is 3.26. The van der Waals surface area contributed by atoms with Crippen molar-refractivity contribution in [3.8, 4) is 22.9 Å². The van der Waals surface area contributed by atoms with Gasteiger partial charge < -0.3 is 19.3 Å². The molecule has 0 aliphatic carbocycles. The summed E-state index contributed by atoms with van der Waals surface area (Å²) in [6.45, 7) is 0.446. The molecule has 0 spiro atoms. The number of aromatic nitrogens is 2. The van der Waals surface area contributed by atoms with E-state index in [0.29, 0.717) is 53.7 Å². The Bertz CT molecular complexity index is 941. The van der Waals surface area contributed by atoms with E-state index in [1.54, 1.807) is 30.3 Å². The molecule has 8 heteroatoms. The highest BCUT2D eigenvalue weighted by Crippen LogP contribution is 2.27. The van der Waals surface area contributed by atoms with Gasteiger partial charge in [0.15, 0.2) is 11.5 Å². The summed E-state index contributed by atoms with van der Waals surface area (Å²) in [6, 6.07) is 10.8. The molecule has 0 bridgehead atoms. The Morgan fingerprint density at radius 1 is 1.11 bits per heavy atom. The number of carbonyl (C=O) groups is 1. The largest absolute Gasteiger partial charge is 0.493 e. The average Bonchev–Trinajstić information content (AvgIpc) is 3.20. The first-order valence-electron chi connectivity index (χ1n) is 8.69. The maximum absolute atomic E-state index is 13.0. The third kappa shape index (κ3) is 4.64. The molecule has 1 aromatic heterocycles. The van der Waals surface area contributed by atoms with Gasteiger partial charge in [-0.2, -0.15) is 4.98 Å². The van der Waals surface area contributed by atoms with Gasteiger partial charge in [-0.15, -0.1) is 0 Å². The second-order valence-corrected chi connectivity index (χ2v) is 5.95. The van der Waals surface area contributed by atoms with Gasteiger partial charge in [0.05, 0.1) is 14.2 Å². The molecular formula is C20H20FN3O4. The summed E-state index contributed by atoms with van der Waals surface area (Å²) >= 11 is 0. The standard InChI is InChI=1S/C20H20FN3O4/c1-26-16-10-7-14(12-17(16)27-2)20(25)22-11-3-4-18-23-19(24-28-18)13-5-8-15(21)9-6-13/h5-10,12H,3-4,11H2,1-2H3,(H,22,25). The molecule has 0 aliphatic heterocycles. The lowest BCUT2D eigenvalue weighted by atomic mass is 10.2. The summed E-state index contributed by atoms with van der Waals surface area (Å²) in [5, 5.41) is 6.73. The molecule has 3 aromatic rings. The first-order chi connectivity index (χ1) is 13.6. The van der Waals surface area contributed by atoms with E-state index < -0.39 is 0 Å². The number of carbonyl (C=O) groups excluding carboxylic acids is 1. The van der Waals surface area contributed by atoms with E-state index in [1.165, 1.54) is 26.4 Å². The number of nitrogens with one attached hydrogen (secondary N) is 1. The first kappa shape index (κ1) is 19.3. The van der Waals surface area contributed by atoms with Crippen molar-refractivity contribution in [1.29, 1.82) is 0 Å². The molecular weight excluding hydrogens is 365 g/mol. The average molecular weight is 385 g/mol. The van der Waals surface area contributed by atoms with Gasteiger partial charge in [0.2, 0.25) is 11.7 Å². The molecule has 0 saturated carbocycles. The van der Waals surface area contributed by atoms with E-state index in [2.05, 4.69) is 15.5 Å². The number of halogens is 1. The van der Waals surface area contributed by atoms with Crippen LogP contribution in [0.15, 0.2) is 47.0 Å². The maximum atomic E-state index is 13.0. The molecule has 1 heterocycles. The number of amides is 1. The Morgan fingerprint density at radius 3 is 2.57 bits per heavy atom. The van der Waals surface area contributed by atoms with E-state index in [1.807, 2.05) is 0 Å². The minimum absolute atomic E-state index is 0.210. The number of hydrogen-bond donors (Lipinski definition) is 1. The monoisotopic (exact) mass is 385 g/mol. The molecule has 0 aliphatic rings. The summed E-state index contributed by atoms with van der Waals surface area (Å²) < 4.78 is 28.5. The highest BCUT2D eigenvalue weighted by atomic mass is 19.1. The van der Waals surface area contributed by atoms with E-state index >= 15 is 0 Å². The van der Waals surface area contributed by atoms with Crippen molar-refractivity contribution in [3.05, 3.63) is 59.7 Å². The maximum Gasteiger partial charge on any atom is 0.251 e. The lowest BCUT2D eigenvalue weighted by molar-refractivity contribution is 0.0952. The molecule has 1 amide bonds. The quantitative estimate of drug-likeness (QED) is 0.599. The molecule has 7 nitrogen and oxygen atoms in total. The highest BCUT2D eigenvalue weighted by molar-refractivity contribution is 5.94. The third-order valence-corrected chi connectivity index (χ3v) is 4.07. The van der Waals surface area contributed by atoms with Gasteiger partial charge in [-0.05, 0) is 48.9 Å². The molecule has 0 unspecified atom stereocenters. The Morgan fingerprint density at radius 2 is 1.86 bits per heavy atom. The number of nitrogens with zero attached hydrogens (tertiary/aromatic N) is 2. The number of ether oxygens (including phenoxy) is 2. The van der Waals surface area contributed by atoms with Crippen molar-refractivity contribution in [2.24, 2.45) is 0 Å². The van der Waals surface area contributed by atoms with Crippen LogP contribution in [0.3, 0.4) is 0 Å². The first-order valence-corrected chi connectivity index (χ1v) is 8.69. The minimum Gasteiger partial charge on any atom is -0.493 e. The Hall–Kier alpha value is -3.42. The molecule has 0 fully saturated rings. The highest BCUT2D eigenvalue weighted by Gasteiger charge is 2.11. The fourth-order valence-corrected chi connectivity index (χ4v) is 2.59. The van der Waals surface area contributed by atoms with Crippen molar-refractivity contribution in [2.45, 2.75) is 12.8 Å². The number of rotatable bonds is 8. The Labute approximate surface area is 161 Å². The van der Waals surface area contributed by atoms with Gasteiger partial charge in [-0.25, -0.2) is 4.39 Å². The zero-order valence-electron chi connectivity index (χ0n) is 15.6. The van der Waals surface area contributed by atoms with Crippen LogP contribution in [0.2, 0.25) is 0 Å². The van der Waals surface area contributed by atoms with Crippen LogP contribution in [0, 0.1) is 5.82 Å². The SMILES string of the molecule is COc1ccc(C(=O)NCCCc2nc(-c3ccc(F)cc3)no2)cc1OC. The summed E-state index contributed by atoms with van der Waals surface area (Å²) in [5.74, 6) is 1.39. The second-order valence-electron chi connectivity index (χ2n) is 5.95. The molecule has 0 radical (unpaired) electrons. The van der Waals surface area contributed by atoms with E-state index in [9.17, 15) is 9.18 Å². The van der Waals surface area contributed by atoms with Crippen molar-refractivity contribution in [2.75, 3.05) is 20.8 Å². The van der Waals surface area contributed by atoms with Crippen LogP contribution in [-0.4, -0.2) is 36.8 Å². The van der Waals surface area contributed by atoms with Crippen molar-refractivity contribution >= 4 is 5.91 Å². The zero-order chi connectivity index (χ0) is 19.9. The predicted molar refractivity (Wildman–Crippen MR) is 99.9 cm³/mol. The number of hydrogen-bond acceptors (Lipinski definition) is 6. The van der Waals surface area contributed by atoms with Crippen LogP contribution in [0.4, 0.5) is 4.39 Å². The fourth-order valence-electron chi connectivity index (χ4n) is 2.59. The minimum atomic E-state index is -0.322. The van der Waals surface area contributed by atoms with Gasteiger partial charge in [0.1, 0.15) is 5.82 Å². The van der Waals surface area contributed by atoms with Crippen LogP contribution in [-0.2, 0) is 6.42 Å². The van der Waals surface area contributed by atoms with Crippen molar-refractivity contribution in [1.82, 2.24) is 15.5 Å². The van der Waals surface area contributed by atoms with E-state index in [-0.39, 0.29) is 11.7 Å². The summed E-state index contributed by atoms with van der Waals surface area (Å²) in [4.78, 5) is 16.5. The number of methoxy groups -OCH3 is 2. The number of aryl methyl sites for hydroxylation is 1. The van der Waals surface area contributed by atoms with Gasteiger partial charge in [0, 0.05) is 24.1 Å². The molecule has 146 valence electrons. The smallest absolute Gasteiger partial charge is 0.251 e. The van der Waals surface area contributed by atoms with E-state index in [0.717, 1.165) is 0 Å². The van der Waals surface area contributed by atoms with Crippen LogP contribution in [0.5, 0.6) is 11.5 Å². The van der Waals surface area contributed by atoms with Gasteiger partial charge in [-0.3, -0.25) is 4.79 Å². The summed E-state index contributed by atoms with van der Waals surface area (Å²) in [6.07, 6.45) is 1.14. The lowest BCUT2D eigenvalue weighted by Crippen LogP contribution is -2.24. The Balaban J connectivity index is 1.49. The van der Waals surface area contributed by atoms with Crippen LogP contribution in [0.1, 0.15) is 22.7 Å². The third-order valence-electron chi connectivity index (χ3n) is 4.07. The van der Waals surface area contributed by atoms with Gasteiger partial charge >= 0.3 is 0 Å². The molecule has 3 rings (SSSR count). The molecule has 1 N–H and O–H groups in total. The van der Waals surface area contributed by atoms with Crippen molar-refractivity contribution < 1.29 is 23.2 Å². The lowest BCUT2D eigenvalue weighted by Gasteiger charge is -2.09. The summed E-state index contributed by atoms with van der Waals surface area (Å²) in [7, 11) is 3.06. The molecule has 2 aromatic carbocycles. The topological polar surface area (TPSA) is 86.5 Å². The molecule has 0 atom stereocenters. The Kier molecular flexibility index (Phi) is 6.21. The van der Waals surface area contributed by atoms with Crippen molar-refractivity contribution in [3.63, 3.8) is 0 Å². The summed E-state index contributed by atoms with van der Waals surface area (Å²) in [5.41, 5.74) is 1.16. The normalized spacial score (nSPS) is 10.5. The molecule has 0 saturated heterocycles. The second kappa shape index (κ2) is 8.98. The van der Waals surface area contributed by atoms with Crippen LogP contribution >= 0.6 is 0 Å². The van der Waals surface area contributed by atoms with Gasteiger partial charge in [-0.1, -0.05) is 5.16 Å². The zero-order valence-corrected chi connectivity index (χ0v) is 15.6. The van der Waals surface area contributed by atoms with Crippen LogP contribution < -0.4 is 14.8 Å². The molecule has 28 heavy (non-hydrogen) atoms.